The quantitative estimate of drug-likeness (QED) is 0.896. The van der Waals surface area contributed by atoms with Crippen LogP contribution < -0.4 is 9.64 Å². The summed E-state index contributed by atoms with van der Waals surface area (Å²) in [7, 11) is 2.08. The molecule has 2 rings (SSSR count). The lowest BCUT2D eigenvalue weighted by Gasteiger charge is -2.44. The molecule has 1 saturated heterocycles. The Balaban J connectivity index is 2.21. The van der Waals surface area contributed by atoms with Crippen LogP contribution in [0.15, 0.2) is 24.3 Å². The molecular weight excluding hydrogens is 240 g/mol. The Labute approximate surface area is 115 Å². The molecule has 1 aromatic rings. The van der Waals surface area contributed by atoms with Crippen LogP contribution in [0, 0.1) is 0 Å². The molecule has 0 amide bonds. The molecule has 0 spiro atoms. The molecule has 2 atom stereocenters. The number of ether oxygens (including phenoxy) is 1. The Morgan fingerprint density at radius 3 is 2.74 bits per heavy atom. The average molecular weight is 264 g/mol. The van der Waals surface area contributed by atoms with Gasteiger partial charge in [0.1, 0.15) is 5.75 Å². The van der Waals surface area contributed by atoms with Crippen LogP contribution >= 0.6 is 0 Å². The maximum absolute atomic E-state index is 9.52. The molecule has 1 heterocycles. The Morgan fingerprint density at radius 2 is 2.05 bits per heavy atom. The molecule has 1 N–H and O–H groups in total. The van der Waals surface area contributed by atoms with Gasteiger partial charge in [0.15, 0.2) is 0 Å². The highest BCUT2D eigenvalue weighted by molar-refractivity contribution is 5.59. The largest absolute Gasteiger partial charge is 0.492 e. The smallest absolute Gasteiger partial charge is 0.142 e. The van der Waals surface area contributed by atoms with Gasteiger partial charge >= 0.3 is 0 Å². The Morgan fingerprint density at radius 1 is 1.32 bits per heavy atom. The van der Waals surface area contributed by atoms with E-state index in [9.17, 15) is 5.11 Å². The van der Waals surface area contributed by atoms with E-state index >= 15 is 0 Å². The fourth-order valence-corrected chi connectivity index (χ4v) is 2.64. The number of hydrogen-bond donors (Lipinski definition) is 1. The van der Waals surface area contributed by atoms with Crippen molar-refractivity contribution in [1.29, 1.82) is 0 Å². The predicted octanol–water partition coefficient (Wildman–Crippen LogP) is 1.59. The van der Waals surface area contributed by atoms with Gasteiger partial charge in [0, 0.05) is 19.1 Å². The predicted molar refractivity (Wildman–Crippen MR) is 77.9 cm³/mol. The first-order chi connectivity index (χ1) is 9.17. The minimum atomic E-state index is 0.179. The van der Waals surface area contributed by atoms with Gasteiger partial charge in [0.2, 0.25) is 0 Å². The van der Waals surface area contributed by atoms with Crippen LogP contribution in [-0.4, -0.2) is 55.4 Å². The highest BCUT2D eigenvalue weighted by Gasteiger charge is 2.30. The van der Waals surface area contributed by atoms with Crippen LogP contribution in [0.25, 0.3) is 0 Å². The molecule has 4 heteroatoms. The highest BCUT2D eigenvalue weighted by Crippen LogP contribution is 2.30. The summed E-state index contributed by atoms with van der Waals surface area (Å²) in [6, 6.07) is 8.73. The number of piperazine rings is 1. The van der Waals surface area contributed by atoms with E-state index in [1.165, 1.54) is 0 Å². The number of hydrogen-bond acceptors (Lipinski definition) is 4. The fourth-order valence-electron chi connectivity index (χ4n) is 2.64. The van der Waals surface area contributed by atoms with E-state index in [0.717, 1.165) is 24.5 Å². The molecule has 1 aliphatic rings. The zero-order valence-electron chi connectivity index (χ0n) is 12.0. The van der Waals surface area contributed by atoms with E-state index in [2.05, 4.69) is 29.8 Å². The van der Waals surface area contributed by atoms with Crippen molar-refractivity contribution in [3.05, 3.63) is 24.3 Å². The van der Waals surface area contributed by atoms with Crippen molar-refractivity contribution in [3.8, 4) is 5.75 Å². The molecule has 0 radical (unpaired) electrons. The zero-order valence-corrected chi connectivity index (χ0v) is 12.0. The molecule has 2 unspecified atom stereocenters. The van der Waals surface area contributed by atoms with Crippen molar-refractivity contribution < 1.29 is 9.84 Å². The van der Waals surface area contributed by atoms with Gasteiger partial charge in [-0.2, -0.15) is 0 Å². The summed E-state index contributed by atoms with van der Waals surface area (Å²) in [6.07, 6.45) is 0. The zero-order chi connectivity index (χ0) is 13.8. The van der Waals surface area contributed by atoms with Gasteiger partial charge < -0.3 is 14.7 Å². The molecule has 0 bridgehead atoms. The molecule has 1 fully saturated rings. The highest BCUT2D eigenvalue weighted by atomic mass is 16.5. The van der Waals surface area contributed by atoms with Crippen LogP contribution in [-0.2, 0) is 0 Å². The molecule has 4 nitrogen and oxygen atoms in total. The lowest BCUT2D eigenvalue weighted by atomic mass is 10.1. The average Bonchev–Trinajstić information content (AvgIpc) is 2.43. The van der Waals surface area contributed by atoms with Crippen molar-refractivity contribution in [3.63, 3.8) is 0 Å². The number of nitrogens with zero attached hydrogens (tertiary/aromatic N) is 2. The normalized spacial score (nSPS) is 24.5. The second kappa shape index (κ2) is 6.26. The van der Waals surface area contributed by atoms with Gasteiger partial charge in [-0.3, -0.25) is 4.90 Å². The maximum atomic E-state index is 9.52. The monoisotopic (exact) mass is 264 g/mol. The minimum absolute atomic E-state index is 0.179. The van der Waals surface area contributed by atoms with E-state index < -0.39 is 0 Å². The van der Waals surface area contributed by atoms with E-state index in [-0.39, 0.29) is 12.6 Å². The number of aliphatic hydroxyl groups excluding tert-OH is 1. The van der Waals surface area contributed by atoms with Gasteiger partial charge in [-0.1, -0.05) is 12.1 Å². The number of anilines is 1. The molecule has 0 aromatic heterocycles. The molecule has 0 aliphatic carbocycles. The topological polar surface area (TPSA) is 35.9 Å². The summed E-state index contributed by atoms with van der Waals surface area (Å²) in [5.74, 6) is 0.929. The number of para-hydroxylation sites is 2. The number of aliphatic hydroxyl groups is 1. The molecular formula is C15H24N2O2. The van der Waals surface area contributed by atoms with E-state index in [1.807, 2.05) is 25.1 Å². The van der Waals surface area contributed by atoms with Crippen molar-refractivity contribution in [2.75, 3.05) is 38.3 Å². The minimum Gasteiger partial charge on any atom is -0.492 e. The van der Waals surface area contributed by atoms with E-state index in [0.29, 0.717) is 12.6 Å². The summed E-state index contributed by atoms with van der Waals surface area (Å²) < 4.78 is 5.70. The second-order valence-corrected chi connectivity index (χ2v) is 5.16. The van der Waals surface area contributed by atoms with Gasteiger partial charge in [0.25, 0.3) is 0 Å². The third-order valence-electron chi connectivity index (χ3n) is 3.90. The Bertz CT molecular complexity index is 411. The summed E-state index contributed by atoms with van der Waals surface area (Å²) in [6.45, 7) is 6.84. The van der Waals surface area contributed by atoms with Crippen LogP contribution in [0.3, 0.4) is 0 Å². The first kappa shape index (κ1) is 14.2. The summed E-state index contributed by atoms with van der Waals surface area (Å²) >= 11 is 0. The first-order valence-electron chi connectivity index (χ1n) is 6.97. The van der Waals surface area contributed by atoms with E-state index in [4.69, 9.17) is 4.74 Å². The number of benzene rings is 1. The van der Waals surface area contributed by atoms with E-state index in [1.54, 1.807) is 0 Å². The third-order valence-corrected chi connectivity index (χ3v) is 3.90. The third kappa shape index (κ3) is 3.01. The first-order valence-corrected chi connectivity index (χ1v) is 6.97. The van der Waals surface area contributed by atoms with Gasteiger partial charge in [0.05, 0.1) is 24.9 Å². The van der Waals surface area contributed by atoms with Crippen LogP contribution in [0.5, 0.6) is 5.75 Å². The van der Waals surface area contributed by atoms with Crippen molar-refractivity contribution >= 4 is 5.69 Å². The SMILES string of the molecule is CCOc1ccccc1N1CC(C)N(C)C(CO)C1. The fraction of sp³-hybridized carbons (Fsp3) is 0.600. The number of rotatable bonds is 4. The standard InChI is InChI=1S/C15H24N2O2/c1-4-19-15-8-6-5-7-14(15)17-9-12(2)16(3)13(10-17)11-18/h5-8,12-13,18H,4,9-11H2,1-3H3. The maximum Gasteiger partial charge on any atom is 0.142 e. The lowest BCUT2D eigenvalue weighted by molar-refractivity contribution is 0.0994. The molecule has 1 aliphatic heterocycles. The van der Waals surface area contributed by atoms with Crippen molar-refractivity contribution in [2.45, 2.75) is 25.9 Å². The molecule has 106 valence electrons. The molecule has 1 aromatic carbocycles. The van der Waals surface area contributed by atoms with Crippen molar-refractivity contribution in [1.82, 2.24) is 4.90 Å². The Kier molecular flexibility index (Phi) is 4.66. The molecule has 0 saturated carbocycles. The van der Waals surface area contributed by atoms with Gasteiger partial charge in [-0.15, -0.1) is 0 Å². The van der Waals surface area contributed by atoms with Crippen LogP contribution in [0.4, 0.5) is 5.69 Å². The summed E-state index contributed by atoms with van der Waals surface area (Å²) in [4.78, 5) is 4.57. The molecule has 19 heavy (non-hydrogen) atoms. The lowest BCUT2D eigenvalue weighted by Crippen LogP contribution is -2.57. The Hall–Kier alpha value is -1.26. The van der Waals surface area contributed by atoms with Crippen molar-refractivity contribution in [2.24, 2.45) is 0 Å². The van der Waals surface area contributed by atoms with Gasteiger partial charge in [-0.25, -0.2) is 0 Å². The summed E-state index contributed by atoms with van der Waals surface area (Å²) in [5, 5.41) is 9.52. The van der Waals surface area contributed by atoms with Crippen LogP contribution in [0.2, 0.25) is 0 Å². The second-order valence-electron chi connectivity index (χ2n) is 5.16. The van der Waals surface area contributed by atoms with Crippen LogP contribution in [0.1, 0.15) is 13.8 Å². The number of likely N-dealkylation sites (N-methyl/N-ethyl adjacent to an activating group) is 1. The van der Waals surface area contributed by atoms with Gasteiger partial charge in [-0.05, 0) is 33.0 Å². The summed E-state index contributed by atoms with van der Waals surface area (Å²) in [5.41, 5.74) is 1.13.